The standard InChI is InChI=1S/C27H21NO2S/c29-31(30,27-16-8-3-9-17-27)22-10-11-23-18-20-26(21-19-23)28(24-12-4-1-5-13-24)25-14-6-2-7-15-25/h1-9,12-21H,22H2. The summed E-state index contributed by atoms with van der Waals surface area (Å²) in [6, 6.07) is 36.5. The predicted octanol–water partition coefficient (Wildman–Crippen LogP) is 5.98. The highest BCUT2D eigenvalue weighted by Crippen LogP contribution is 2.33. The van der Waals surface area contributed by atoms with Crippen LogP contribution in [0.5, 0.6) is 0 Å². The summed E-state index contributed by atoms with van der Waals surface area (Å²) >= 11 is 0. The largest absolute Gasteiger partial charge is 0.311 e. The Hall–Kier alpha value is -3.81. The summed E-state index contributed by atoms with van der Waals surface area (Å²) in [6.45, 7) is 0. The molecule has 0 amide bonds. The fourth-order valence-electron chi connectivity index (χ4n) is 3.24. The summed E-state index contributed by atoms with van der Waals surface area (Å²) < 4.78 is 24.7. The van der Waals surface area contributed by atoms with E-state index in [1.54, 1.807) is 30.3 Å². The first-order valence-corrected chi connectivity index (χ1v) is 11.6. The first-order chi connectivity index (χ1) is 15.1. The third-order valence-electron chi connectivity index (χ3n) is 4.75. The van der Waals surface area contributed by atoms with Gasteiger partial charge in [0, 0.05) is 22.6 Å². The van der Waals surface area contributed by atoms with Gasteiger partial charge in [-0.2, -0.15) is 0 Å². The average molecular weight is 424 g/mol. The Morgan fingerprint density at radius 1 is 0.581 bits per heavy atom. The molecule has 0 bridgehead atoms. The van der Waals surface area contributed by atoms with Crippen molar-refractivity contribution in [2.24, 2.45) is 0 Å². The molecule has 0 unspecified atom stereocenters. The molecule has 4 heteroatoms. The van der Waals surface area contributed by atoms with E-state index in [-0.39, 0.29) is 5.75 Å². The SMILES string of the molecule is O=S(=O)(CC#Cc1ccc(N(c2ccccc2)c2ccccc2)cc1)c1ccccc1. The van der Waals surface area contributed by atoms with Crippen molar-refractivity contribution in [3.05, 3.63) is 121 Å². The topological polar surface area (TPSA) is 37.4 Å². The highest BCUT2D eigenvalue weighted by Gasteiger charge is 2.12. The molecule has 4 aromatic carbocycles. The number of hydrogen-bond acceptors (Lipinski definition) is 3. The monoisotopic (exact) mass is 423 g/mol. The van der Waals surface area contributed by atoms with Crippen LogP contribution >= 0.6 is 0 Å². The molecular formula is C27H21NO2S. The summed E-state index contributed by atoms with van der Waals surface area (Å²) in [6.07, 6.45) is 0. The van der Waals surface area contributed by atoms with E-state index in [1.165, 1.54) is 0 Å². The van der Waals surface area contributed by atoms with E-state index in [0.29, 0.717) is 4.90 Å². The zero-order chi connectivity index (χ0) is 21.5. The molecule has 0 aliphatic heterocycles. The van der Waals surface area contributed by atoms with E-state index >= 15 is 0 Å². The van der Waals surface area contributed by atoms with Gasteiger partial charge in [-0.25, -0.2) is 8.42 Å². The molecule has 0 saturated carbocycles. The zero-order valence-corrected chi connectivity index (χ0v) is 17.7. The lowest BCUT2D eigenvalue weighted by Gasteiger charge is -2.25. The van der Waals surface area contributed by atoms with E-state index < -0.39 is 9.84 Å². The fourth-order valence-corrected chi connectivity index (χ4v) is 4.24. The van der Waals surface area contributed by atoms with Crippen LogP contribution in [0.15, 0.2) is 120 Å². The van der Waals surface area contributed by atoms with Crippen LogP contribution < -0.4 is 4.90 Å². The quantitative estimate of drug-likeness (QED) is 0.371. The van der Waals surface area contributed by atoms with Crippen LogP contribution in [-0.4, -0.2) is 14.2 Å². The molecule has 31 heavy (non-hydrogen) atoms. The van der Waals surface area contributed by atoms with Crippen LogP contribution in [0.2, 0.25) is 0 Å². The molecule has 0 spiro atoms. The van der Waals surface area contributed by atoms with Crippen LogP contribution in [0.25, 0.3) is 0 Å². The van der Waals surface area contributed by atoms with Crippen molar-refractivity contribution in [2.45, 2.75) is 4.90 Å². The minimum atomic E-state index is -3.41. The number of nitrogens with zero attached hydrogens (tertiary/aromatic N) is 1. The Morgan fingerprint density at radius 2 is 1.03 bits per heavy atom. The van der Waals surface area contributed by atoms with E-state index in [4.69, 9.17) is 0 Å². The van der Waals surface area contributed by atoms with Crippen LogP contribution in [0, 0.1) is 11.8 Å². The number of para-hydroxylation sites is 2. The molecule has 3 nitrogen and oxygen atoms in total. The molecule has 152 valence electrons. The molecule has 0 atom stereocenters. The number of hydrogen-bond donors (Lipinski definition) is 0. The molecule has 0 radical (unpaired) electrons. The maximum absolute atomic E-state index is 12.4. The van der Waals surface area contributed by atoms with Gasteiger partial charge in [0.2, 0.25) is 0 Å². The maximum Gasteiger partial charge on any atom is 0.189 e. The van der Waals surface area contributed by atoms with Gasteiger partial charge in [0.05, 0.1) is 4.90 Å². The smallest absolute Gasteiger partial charge is 0.189 e. The molecule has 0 aliphatic rings. The molecule has 0 N–H and O–H groups in total. The number of sulfone groups is 1. The highest BCUT2D eigenvalue weighted by molar-refractivity contribution is 7.91. The third-order valence-corrected chi connectivity index (χ3v) is 6.27. The number of benzene rings is 4. The molecule has 4 rings (SSSR count). The Balaban J connectivity index is 1.57. The average Bonchev–Trinajstić information content (AvgIpc) is 2.82. The van der Waals surface area contributed by atoms with Crippen LogP contribution in [0.3, 0.4) is 0 Å². The number of rotatable bonds is 5. The van der Waals surface area contributed by atoms with Gasteiger partial charge in [0.25, 0.3) is 0 Å². The van der Waals surface area contributed by atoms with Gasteiger partial charge in [-0.1, -0.05) is 66.4 Å². The van der Waals surface area contributed by atoms with Gasteiger partial charge in [-0.05, 0) is 60.7 Å². The molecule has 4 aromatic rings. The Labute approximate surface area is 183 Å². The first-order valence-electron chi connectivity index (χ1n) is 9.90. The summed E-state index contributed by atoms with van der Waals surface area (Å²) in [7, 11) is -3.41. The summed E-state index contributed by atoms with van der Waals surface area (Å²) in [5.74, 6) is 5.56. The number of anilines is 3. The lowest BCUT2D eigenvalue weighted by Crippen LogP contribution is -2.09. The summed E-state index contributed by atoms with van der Waals surface area (Å²) in [5.41, 5.74) is 3.89. The highest BCUT2D eigenvalue weighted by atomic mass is 32.2. The zero-order valence-electron chi connectivity index (χ0n) is 16.8. The molecule has 0 fully saturated rings. The van der Waals surface area contributed by atoms with Crippen LogP contribution in [-0.2, 0) is 9.84 Å². The summed E-state index contributed by atoms with van der Waals surface area (Å²) in [4.78, 5) is 2.46. The molecule has 0 heterocycles. The minimum Gasteiger partial charge on any atom is -0.311 e. The van der Waals surface area contributed by atoms with E-state index in [1.807, 2.05) is 60.7 Å². The molecule has 0 aromatic heterocycles. The van der Waals surface area contributed by atoms with Crippen molar-refractivity contribution in [3.63, 3.8) is 0 Å². The van der Waals surface area contributed by atoms with Crippen molar-refractivity contribution in [1.29, 1.82) is 0 Å². The van der Waals surface area contributed by atoms with E-state index in [2.05, 4.69) is 41.0 Å². The summed E-state index contributed by atoms with van der Waals surface area (Å²) in [5, 5.41) is 0. The normalized spacial score (nSPS) is 10.7. The van der Waals surface area contributed by atoms with Crippen molar-refractivity contribution in [2.75, 3.05) is 10.7 Å². The van der Waals surface area contributed by atoms with E-state index in [9.17, 15) is 8.42 Å². The second-order valence-corrected chi connectivity index (χ2v) is 8.92. The van der Waals surface area contributed by atoms with Crippen molar-refractivity contribution < 1.29 is 8.42 Å². The van der Waals surface area contributed by atoms with Crippen molar-refractivity contribution in [3.8, 4) is 11.8 Å². The second-order valence-electron chi connectivity index (χ2n) is 6.93. The van der Waals surface area contributed by atoms with Gasteiger partial charge >= 0.3 is 0 Å². The lowest BCUT2D eigenvalue weighted by atomic mass is 10.1. The maximum atomic E-state index is 12.4. The second kappa shape index (κ2) is 9.34. The fraction of sp³-hybridized carbons (Fsp3) is 0.0370. The Bertz CT molecular complexity index is 1250. The molecule has 0 aliphatic carbocycles. The van der Waals surface area contributed by atoms with Gasteiger partial charge < -0.3 is 4.90 Å². The Morgan fingerprint density at radius 3 is 1.55 bits per heavy atom. The van der Waals surface area contributed by atoms with Crippen LogP contribution in [0.4, 0.5) is 17.1 Å². The molecule has 0 saturated heterocycles. The Kier molecular flexibility index (Phi) is 6.16. The third kappa shape index (κ3) is 5.03. The van der Waals surface area contributed by atoms with Crippen molar-refractivity contribution in [1.82, 2.24) is 0 Å². The minimum absolute atomic E-state index is 0.209. The van der Waals surface area contributed by atoms with Gasteiger partial charge in [0.1, 0.15) is 5.75 Å². The first kappa shape index (κ1) is 20.5. The van der Waals surface area contributed by atoms with Gasteiger partial charge in [-0.15, -0.1) is 0 Å². The van der Waals surface area contributed by atoms with Gasteiger partial charge in [-0.3, -0.25) is 0 Å². The predicted molar refractivity (Wildman–Crippen MR) is 126 cm³/mol. The molecular weight excluding hydrogens is 402 g/mol. The van der Waals surface area contributed by atoms with Crippen molar-refractivity contribution >= 4 is 26.9 Å². The van der Waals surface area contributed by atoms with Crippen LogP contribution in [0.1, 0.15) is 5.56 Å². The van der Waals surface area contributed by atoms with E-state index in [0.717, 1.165) is 22.6 Å². The lowest BCUT2D eigenvalue weighted by molar-refractivity contribution is 0.599. The van der Waals surface area contributed by atoms with Gasteiger partial charge in [0.15, 0.2) is 9.84 Å².